The molecule has 0 rings (SSSR count). The summed E-state index contributed by atoms with van der Waals surface area (Å²) in [6.07, 6.45) is 0. The first-order valence-corrected chi connectivity index (χ1v) is 7.26. The molecule has 0 radical (unpaired) electrons. The van der Waals surface area contributed by atoms with Crippen LogP contribution >= 0.6 is 0 Å². The average Bonchev–Trinajstić information content (AvgIpc) is 1.82. The molecule has 1 unspecified atom stereocenters. The molecule has 0 fully saturated rings. The molecule has 0 aromatic heterocycles. The molecule has 0 saturated carbocycles. The topological polar surface area (TPSA) is 37.3 Å². The van der Waals surface area contributed by atoms with E-state index in [4.69, 9.17) is 5.11 Å². The predicted molar refractivity (Wildman–Crippen MR) is 49.5 cm³/mol. The summed E-state index contributed by atoms with van der Waals surface area (Å²) in [6.45, 7) is 11.9. The number of carbonyl (C=O) groups is 1. The maximum atomic E-state index is 10.5. The molecular weight excluding hydrogens is 156 g/mol. The highest BCUT2D eigenvalue weighted by Crippen LogP contribution is 2.27. The first-order chi connectivity index (χ1) is 4.76. The van der Waals surface area contributed by atoms with Crippen LogP contribution in [0.4, 0.5) is 0 Å². The quantitative estimate of drug-likeness (QED) is 0.524. The summed E-state index contributed by atoms with van der Waals surface area (Å²) in [7, 11) is -1.37. The number of carboxylic acid groups (broad SMARTS) is 1. The van der Waals surface area contributed by atoms with E-state index in [1.165, 1.54) is 0 Å². The van der Waals surface area contributed by atoms with Gasteiger partial charge in [0, 0.05) is 5.57 Å². The standard InChI is InChI=1S/C8H16O2Si/c1-6(8(9)10)7(2)11(3,4)5/h7H,1H2,2-5H3,(H,9,10). The van der Waals surface area contributed by atoms with Gasteiger partial charge in [-0.2, -0.15) is 0 Å². The Hall–Kier alpha value is -0.573. The average molecular weight is 172 g/mol. The van der Waals surface area contributed by atoms with Crippen molar-refractivity contribution in [3.63, 3.8) is 0 Å². The van der Waals surface area contributed by atoms with Crippen LogP contribution in [-0.4, -0.2) is 19.1 Å². The van der Waals surface area contributed by atoms with Crippen molar-refractivity contribution in [3.8, 4) is 0 Å². The molecule has 0 aliphatic heterocycles. The molecule has 64 valence electrons. The van der Waals surface area contributed by atoms with Crippen LogP contribution in [-0.2, 0) is 4.79 Å². The molecule has 0 heterocycles. The zero-order valence-electron chi connectivity index (χ0n) is 7.64. The van der Waals surface area contributed by atoms with Gasteiger partial charge in [0.15, 0.2) is 0 Å². The highest BCUT2D eigenvalue weighted by Gasteiger charge is 2.27. The van der Waals surface area contributed by atoms with Gasteiger partial charge in [0.05, 0.1) is 8.07 Å². The van der Waals surface area contributed by atoms with E-state index >= 15 is 0 Å². The molecule has 2 nitrogen and oxygen atoms in total. The first kappa shape index (κ1) is 10.4. The van der Waals surface area contributed by atoms with E-state index in [0.717, 1.165) is 0 Å². The van der Waals surface area contributed by atoms with Crippen molar-refractivity contribution >= 4 is 14.0 Å². The molecule has 0 aromatic carbocycles. The van der Waals surface area contributed by atoms with E-state index in [1.807, 2.05) is 6.92 Å². The van der Waals surface area contributed by atoms with Crippen LogP contribution in [0.3, 0.4) is 0 Å². The van der Waals surface area contributed by atoms with Crippen LogP contribution in [0.2, 0.25) is 25.2 Å². The smallest absolute Gasteiger partial charge is 0.330 e. The molecule has 0 bridgehead atoms. The number of rotatable bonds is 3. The molecule has 0 aromatic rings. The van der Waals surface area contributed by atoms with Gasteiger partial charge < -0.3 is 5.11 Å². The molecule has 0 saturated heterocycles. The Balaban J connectivity index is 4.38. The van der Waals surface area contributed by atoms with Crippen LogP contribution < -0.4 is 0 Å². The lowest BCUT2D eigenvalue weighted by Gasteiger charge is -2.24. The van der Waals surface area contributed by atoms with Crippen LogP contribution in [0.15, 0.2) is 12.2 Å². The van der Waals surface area contributed by atoms with Crippen LogP contribution in [0, 0.1) is 0 Å². The Morgan fingerprint density at radius 3 is 1.91 bits per heavy atom. The van der Waals surface area contributed by atoms with E-state index in [1.54, 1.807) is 0 Å². The van der Waals surface area contributed by atoms with Gasteiger partial charge in [-0.3, -0.25) is 0 Å². The zero-order chi connectivity index (χ0) is 9.23. The molecule has 3 heteroatoms. The summed E-state index contributed by atoms with van der Waals surface area (Å²) in [5.41, 5.74) is 0.504. The fourth-order valence-electron chi connectivity index (χ4n) is 0.708. The van der Waals surface area contributed by atoms with E-state index in [0.29, 0.717) is 5.57 Å². The van der Waals surface area contributed by atoms with Crippen LogP contribution in [0.1, 0.15) is 6.92 Å². The molecule has 11 heavy (non-hydrogen) atoms. The van der Waals surface area contributed by atoms with Gasteiger partial charge in [-0.25, -0.2) is 4.79 Å². The minimum atomic E-state index is -1.37. The van der Waals surface area contributed by atoms with Crippen molar-refractivity contribution < 1.29 is 9.90 Å². The van der Waals surface area contributed by atoms with Crippen LogP contribution in [0.5, 0.6) is 0 Å². The van der Waals surface area contributed by atoms with E-state index in [-0.39, 0.29) is 5.54 Å². The van der Waals surface area contributed by atoms with E-state index in [2.05, 4.69) is 26.2 Å². The summed E-state index contributed by atoms with van der Waals surface area (Å²) in [5.74, 6) is -0.861. The van der Waals surface area contributed by atoms with Crippen molar-refractivity contribution in [1.82, 2.24) is 0 Å². The monoisotopic (exact) mass is 172 g/mol. The number of aliphatic carboxylic acids is 1. The fourth-order valence-corrected chi connectivity index (χ4v) is 1.88. The lowest BCUT2D eigenvalue weighted by molar-refractivity contribution is -0.132. The Kier molecular flexibility index (Phi) is 3.05. The normalized spacial score (nSPS) is 14.2. The summed E-state index contributed by atoms with van der Waals surface area (Å²) < 4.78 is 0. The molecule has 0 aliphatic carbocycles. The Labute approximate surface area is 68.9 Å². The van der Waals surface area contributed by atoms with Gasteiger partial charge in [0.25, 0.3) is 0 Å². The zero-order valence-corrected chi connectivity index (χ0v) is 8.64. The molecular formula is C8H16O2Si. The van der Waals surface area contributed by atoms with E-state index in [9.17, 15) is 4.79 Å². The van der Waals surface area contributed by atoms with Gasteiger partial charge in [-0.15, -0.1) is 0 Å². The van der Waals surface area contributed by atoms with Crippen molar-refractivity contribution in [1.29, 1.82) is 0 Å². The second-order valence-corrected chi connectivity index (χ2v) is 9.52. The molecule has 1 atom stereocenters. The van der Waals surface area contributed by atoms with Gasteiger partial charge in [-0.1, -0.05) is 33.1 Å². The van der Waals surface area contributed by atoms with Crippen molar-refractivity contribution in [3.05, 3.63) is 12.2 Å². The third-order valence-corrected chi connectivity index (χ3v) is 5.04. The second-order valence-electron chi connectivity index (χ2n) is 3.92. The van der Waals surface area contributed by atoms with Crippen LogP contribution in [0.25, 0.3) is 0 Å². The van der Waals surface area contributed by atoms with E-state index < -0.39 is 14.0 Å². The summed E-state index contributed by atoms with van der Waals surface area (Å²) in [5, 5.41) is 8.64. The van der Waals surface area contributed by atoms with Gasteiger partial charge in [0.1, 0.15) is 0 Å². The Bertz CT molecular complexity index is 179. The first-order valence-electron chi connectivity index (χ1n) is 3.69. The third-order valence-electron chi connectivity index (χ3n) is 2.10. The minimum Gasteiger partial charge on any atom is -0.478 e. The summed E-state index contributed by atoms with van der Waals surface area (Å²) in [6, 6.07) is 0. The lowest BCUT2D eigenvalue weighted by Crippen LogP contribution is -2.29. The highest BCUT2D eigenvalue weighted by molar-refractivity contribution is 6.78. The van der Waals surface area contributed by atoms with Gasteiger partial charge in [0.2, 0.25) is 0 Å². The van der Waals surface area contributed by atoms with Crippen molar-refractivity contribution in [2.75, 3.05) is 0 Å². The molecule has 1 N–H and O–H groups in total. The lowest BCUT2D eigenvalue weighted by atomic mass is 10.2. The molecule has 0 aliphatic rings. The molecule has 0 amide bonds. The van der Waals surface area contributed by atoms with Crippen molar-refractivity contribution in [2.24, 2.45) is 0 Å². The summed E-state index contributed by atoms with van der Waals surface area (Å²) in [4.78, 5) is 10.5. The maximum absolute atomic E-state index is 10.5. The third kappa shape index (κ3) is 2.88. The molecule has 0 spiro atoms. The number of hydrogen-bond acceptors (Lipinski definition) is 1. The fraction of sp³-hybridized carbons (Fsp3) is 0.625. The van der Waals surface area contributed by atoms with Gasteiger partial charge in [-0.05, 0) is 5.54 Å². The number of hydrogen-bond donors (Lipinski definition) is 1. The predicted octanol–water partition coefficient (Wildman–Crippen LogP) is 2.36. The number of carboxylic acids is 1. The highest BCUT2D eigenvalue weighted by atomic mass is 28.3. The minimum absolute atomic E-state index is 0.153. The Morgan fingerprint density at radius 2 is 1.82 bits per heavy atom. The summed E-state index contributed by atoms with van der Waals surface area (Å²) >= 11 is 0. The largest absolute Gasteiger partial charge is 0.478 e. The Morgan fingerprint density at radius 1 is 1.45 bits per heavy atom. The maximum Gasteiger partial charge on any atom is 0.330 e. The van der Waals surface area contributed by atoms with Crippen molar-refractivity contribution in [2.45, 2.75) is 32.1 Å². The second kappa shape index (κ2) is 3.22. The van der Waals surface area contributed by atoms with Gasteiger partial charge >= 0.3 is 5.97 Å². The SMILES string of the molecule is C=C(C(=O)O)C(C)[Si](C)(C)C.